The van der Waals surface area contributed by atoms with E-state index in [0.29, 0.717) is 0 Å². The molecule has 0 aliphatic rings. The Balaban J connectivity index is 2.27. The molecule has 0 fully saturated rings. The maximum atomic E-state index is 9.30. The molecule has 0 saturated carbocycles. The van der Waals surface area contributed by atoms with Gasteiger partial charge in [0.05, 0.1) is 17.3 Å². The Bertz CT molecular complexity index is 662. The van der Waals surface area contributed by atoms with E-state index in [0.717, 1.165) is 35.9 Å². The lowest BCUT2D eigenvalue weighted by molar-refractivity contribution is 0.182. The molecule has 1 unspecified atom stereocenters. The van der Waals surface area contributed by atoms with E-state index < -0.39 is 0 Å². The van der Waals surface area contributed by atoms with E-state index in [1.807, 2.05) is 26.0 Å². The number of guanidine groups is 1. The fourth-order valence-electron chi connectivity index (χ4n) is 2.24. The number of fused-ring (bicyclic) bond motifs is 1. The summed E-state index contributed by atoms with van der Waals surface area (Å²) in [4.78, 5) is 12.5. The molecular weight excluding hydrogens is 266 g/mol. The van der Waals surface area contributed by atoms with Crippen molar-refractivity contribution in [3.05, 3.63) is 29.5 Å². The number of aromatic nitrogens is 2. The van der Waals surface area contributed by atoms with Crippen molar-refractivity contribution in [3.63, 3.8) is 0 Å². The van der Waals surface area contributed by atoms with Gasteiger partial charge in [0.1, 0.15) is 0 Å². The van der Waals surface area contributed by atoms with Crippen LogP contribution in [0.4, 0.5) is 5.95 Å². The Hall–Kier alpha value is -2.21. The average Bonchev–Trinajstić information content (AvgIpc) is 2.38. The maximum absolute atomic E-state index is 9.30. The Kier molecular flexibility index (Phi) is 4.70. The lowest BCUT2D eigenvalue weighted by Gasteiger charge is -2.07. The highest BCUT2D eigenvalue weighted by atomic mass is 16.3. The quantitative estimate of drug-likeness (QED) is 0.570. The molecule has 0 saturated heterocycles. The van der Waals surface area contributed by atoms with Gasteiger partial charge in [-0.15, -0.1) is 0 Å². The van der Waals surface area contributed by atoms with Crippen molar-refractivity contribution in [1.29, 1.82) is 0 Å². The van der Waals surface area contributed by atoms with Crippen LogP contribution in [-0.4, -0.2) is 27.1 Å². The molecule has 6 heteroatoms. The smallest absolute Gasteiger partial charge is 0.253 e. The summed E-state index contributed by atoms with van der Waals surface area (Å²) >= 11 is 0. The van der Waals surface area contributed by atoms with Crippen molar-refractivity contribution < 1.29 is 5.11 Å². The first-order valence-electron chi connectivity index (χ1n) is 7.00. The molecule has 0 spiro atoms. The van der Waals surface area contributed by atoms with E-state index in [9.17, 15) is 5.11 Å². The van der Waals surface area contributed by atoms with E-state index in [-0.39, 0.29) is 18.0 Å². The van der Waals surface area contributed by atoms with Crippen molar-refractivity contribution in [2.75, 3.05) is 0 Å². The highest BCUT2D eigenvalue weighted by Gasteiger charge is 2.06. The van der Waals surface area contributed by atoms with Gasteiger partial charge in [-0.2, -0.15) is 4.99 Å². The van der Waals surface area contributed by atoms with E-state index in [1.54, 1.807) is 0 Å². The normalized spacial score (nSPS) is 12.3. The first-order valence-corrected chi connectivity index (χ1v) is 7.00. The van der Waals surface area contributed by atoms with Gasteiger partial charge in [0.2, 0.25) is 0 Å². The maximum Gasteiger partial charge on any atom is 0.253 e. The third-order valence-corrected chi connectivity index (χ3v) is 3.26. The van der Waals surface area contributed by atoms with Gasteiger partial charge in [-0.1, -0.05) is 6.07 Å². The zero-order valence-electron chi connectivity index (χ0n) is 12.4. The van der Waals surface area contributed by atoms with Crippen LogP contribution >= 0.6 is 0 Å². The molecule has 1 aromatic heterocycles. The first-order chi connectivity index (χ1) is 9.95. The molecule has 0 radical (unpaired) electrons. The molecule has 112 valence electrons. The second-order valence-corrected chi connectivity index (χ2v) is 5.24. The molecule has 0 aliphatic heterocycles. The van der Waals surface area contributed by atoms with Crippen molar-refractivity contribution in [1.82, 2.24) is 9.97 Å². The standard InChI is InChI=1S/C15H21N5O/c1-9(21)4-3-5-11-6-7-13-12(8-11)10(2)18-15(19-13)20-14(16)17/h6-9,21H,3-5H2,1-2H3,(H4,16,17,18,19,20). The van der Waals surface area contributed by atoms with Crippen LogP contribution in [0.5, 0.6) is 0 Å². The van der Waals surface area contributed by atoms with Crippen molar-refractivity contribution in [2.24, 2.45) is 16.5 Å². The minimum Gasteiger partial charge on any atom is -0.393 e. The summed E-state index contributed by atoms with van der Waals surface area (Å²) in [5.74, 6) is 0.227. The summed E-state index contributed by atoms with van der Waals surface area (Å²) in [7, 11) is 0. The lowest BCUT2D eigenvalue weighted by atomic mass is 10.0. The molecular formula is C15H21N5O. The van der Waals surface area contributed by atoms with Crippen LogP contribution in [0.1, 0.15) is 31.0 Å². The Morgan fingerprint density at radius 3 is 2.76 bits per heavy atom. The monoisotopic (exact) mass is 287 g/mol. The van der Waals surface area contributed by atoms with E-state index in [1.165, 1.54) is 5.56 Å². The number of hydrogen-bond acceptors (Lipinski definition) is 4. The predicted octanol–water partition coefficient (Wildman–Crippen LogP) is 1.55. The molecule has 0 amide bonds. The summed E-state index contributed by atoms with van der Waals surface area (Å²) in [5, 5.41) is 10.3. The van der Waals surface area contributed by atoms with Gasteiger partial charge >= 0.3 is 0 Å². The SMILES string of the molecule is Cc1nc(N=C(N)N)nc2ccc(CCCC(C)O)cc12. The van der Waals surface area contributed by atoms with Gasteiger partial charge in [-0.25, -0.2) is 9.97 Å². The van der Waals surface area contributed by atoms with Gasteiger partial charge < -0.3 is 16.6 Å². The van der Waals surface area contributed by atoms with Crippen molar-refractivity contribution in [3.8, 4) is 0 Å². The van der Waals surface area contributed by atoms with Crippen molar-refractivity contribution in [2.45, 2.75) is 39.2 Å². The van der Waals surface area contributed by atoms with Crippen molar-refractivity contribution >= 4 is 22.8 Å². The van der Waals surface area contributed by atoms with Gasteiger partial charge in [-0.05, 0) is 50.8 Å². The lowest BCUT2D eigenvalue weighted by Crippen LogP contribution is -2.22. The molecule has 2 aromatic rings. The minimum atomic E-state index is -0.252. The molecule has 21 heavy (non-hydrogen) atoms. The van der Waals surface area contributed by atoms with E-state index in [4.69, 9.17) is 11.5 Å². The third kappa shape index (κ3) is 4.13. The molecule has 0 aliphatic carbocycles. The van der Waals surface area contributed by atoms with Crippen LogP contribution < -0.4 is 11.5 Å². The molecule has 1 atom stereocenters. The fourth-order valence-corrected chi connectivity index (χ4v) is 2.24. The molecule has 1 heterocycles. The fraction of sp³-hybridized carbons (Fsp3) is 0.400. The van der Waals surface area contributed by atoms with Gasteiger partial charge in [0.15, 0.2) is 5.96 Å². The summed E-state index contributed by atoms with van der Waals surface area (Å²) < 4.78 is 0. The van der Waals surface area contributed by atoms with Crippen LogP contribution in [0, 0.1) is 6.92 Å². The first kappa shape index (κ1) is 15.2. The van der Waals surface area contributed by atoms with Crippen LogP contribution in [-0.2, 0) is 6.42 Å². The zero-order chi connectivity index (χ0) is 15.4. The predicted molar refractivity (Wildman–Crippen MR) is 84.4 cm³/mol. The Morgan fingerprint density at radius 2 is 2.10 bits per heavy atom. The summed E-state index contributed by atoms with van der Waals surface area (Å²) in [6.07, 6.45) is 2.43. The van der Waals surface area contributed by atoms with Gasteiger partial charge in [-0.3, -0.25) is 0 Å². The number of nitrogens with two attached hydrogens (primary N) is 2. The number of hydrogen-bond donors (Lipinski definition) is 3. The Morgan fingerprint density at radius 1 is 1.33 bits per heavy atom. The number of aliphatic hydroxyl groups excluding tert-OH is 1. The second-order valence-electron chi connectivity index (χ2n) is 5.24. The highest BCUT2D eigenvalue weighted by Crippen LogP contribution is 2.21. The number of rotatable bonds is 5. The molecule has 0 bridgehead atoms. The third-order valence-electron chi connectivity index (χ3n) is 3.26. The van der Waals surface area contributed by atoms with Crippen LogP contribution in [0.15, 0.2) is 23.2 Å². The zero-order valence-corrected chi connectivity index (χ0v) is 12.4. The van der Waals surface area contributed by atoms with Gasteiger partial charge in [0, 0.05) is 5.39 Å². The number of aliphatic hydroxyl groups is 1. The van der Waals surface area contributed by atoms with Crippen LogP contribution in [0.2, 0.25) is 0 Å². The van der Waals surface area contributed by atoms with E-state index in [2.05, 4.69) is 21.0 Å². The summed E-state index contributed by atoms with van der Waals surface area (Å²) in [5.41, 5.74) is 13.6. The molecule has 6 nitrogen and oxygen atoms in total. The summed E-state index contributed by atoms with van der Waals surface area (Å²) in [6, 6.07) is 6.08. The average molecular weight is 287 g/mol. The van der Waals surface area contributed by atoms with Crippen LogP contribution in [0.3, 0.4) is 0 Å². The highest BCUT2D eigenvalue weighted by molar-refractivity contribution is 5.83. The van der Waals surface area contributed by atoms with Gasteiger partial charge in [0.25, 0.3) is 5.95 Å². The Labute approximate surface area is 123 Å². The van der Waals surface area contributed by atoms with Crippen LogP contribution in [0.25, 0.3) is 10.9 Å². The molecule has 2 rings (SSSR count). The molecule has 5 N–H and O–H groups in total. The minimum absolute atomic E-state index is 0.0523. The second kappa shape index (κ2) is 6.49. The number of benzene rings is 1. The number of aryl methyl sites for hydroxylation is 2. The summed E-state index contributed by atoms with van der Waals surface area (Å²) in [6.45, 7) is 3.72. The molecule has 1 aromatic carbocycles. The number of aliphatic imine (C=N–C) groups is 1. The van der Waals surface area contributed by atoms with E-state index >= 15 is 0 Å². The number of nitrogens with zero attached hydrogens (tertiary/aromatic N) is 3. The topological polar surface area (TPSA) is 110 Å². The largest absolute Gasteiger partial charge is 0.393 e.